The van der Waals surface area contributed by atoms with Gasteiger partial charge < -0.3 is 40.1 Å². The van der Waals surface area contributed by atoms with E-state index in [4.69, 9.17) is 9.47 Å². The first-order chi connectivity index (χ1) is 17.7. The second-order valence-corrected chi connectivity index (χ2v) is 8.76. The number of fused-ring (bicyclic) bond motifs is 1. The first kappa shape index (κ1) is 23.7. The van der Waals surface area contributed by atoms with Crippen molar-refractivity contribution >= 4 is 12.2 Å². The van der Waals surface area contributed by atoms with E-state index >= 15 is 0 Å². The number of hydrogen-bond donors (Lipinski definition) is 6. The molecule has 37 heavy (non-hydrogen) atoms. The van der Waals surface area contributed by atoms with Crippen LogP contribution in [0.15, 0.2) is 66.7 Å². The minimum Gasteiger partial charge on any atom is -0.508 e. The number of rotatable bonds is 5. The van der Waals surface area contributed by atoms with Crippen LogP contribution in [-0.2, 0) is 0 Å². The van der Waals surface area contributed by atoms with Crippen LogP contribution in [-0.4, -0.2) is 37.7 Å². The summed E-state index contributed by atoms with van der Waals surface area (Å²) in [5, 5.41) is 61.4. The Balaban J connectivity index is 1.59. The van der Waals surface area contributed by atoms with Gasteiger partial charge in [0.2, 0.25) is 0 Å². The van der Waals surface area contributed by atoms with Crippen molar-refractivity contribution in [2.24, 2.45) is 0 Å². The maximum absolute atomic E-state index is 11.1. The van der Waals surface area contributed by atoms with Gasteiger partial charge in [0.1, 0.15) is 40.6 Å². The molecule has 4 aromatic rings. The molecule has 2 atom stereocenters. The van der Waals surface area contributed by atoms with Crippen molar-refractivity contribution in [1.82, 2.24) is 0 Å². The van der Waals surface area contributed by atoms with E-state index in [1.165, 1.54) is 49.6 Å². The highest BCUT2D eigenvalue weighted by Gasteiger charge is 2.40. The molecule has 0 bridgehead atoms. The molecule has 0 radical (unpaired) electrons. The van der Waals surface area contributed by atoms with Gasteiger partial charge in [0.05, 0.1) is 13.0 Å². The third-order valence-corrected chi connectivity index (χ3v) is 6.29. The fourth-order valence-corrected chi connectivity index (χ4v) is 4.64. The molecule has 6 N–H and O–H groups in total. The average molecular weight is 501 g/mol. The van der Waals surface area contributed by atoms with Gasteiger partial charge in [-0.2, -0.15) is 0 Å². The molecule has 0 amide bonds. The summed E-state index contributed by atoms with van der Waals surface area (Å²) in [5.74, 6) is -0.713. The molecule has 0 spiro atoms. The topological polar surface area (TPSA) is 140 Å². The Morgan fingerprint density at radius 2 is 1.41 bits per heavy atom. The van der Waals surface area contributed by atoms with Crippen molar-refractivity contribution in [3.05, 3.63) is 94.5 Å². The molecule has 8 heteroatoms. The van der Waals surface area contributed by atoms with Crippen molar-refractivity contribution in [2.45, 2.75) is 12.0 Å². The Labute approximate surface area is 212 Å². The molecule has 0 aliphatic carbocycles. The number of phenols is 6. The fourth-order valence-electron chi connectivity index (χ4n) is 4.64. The number of hydrogen-bond acceptors (Lipinski definition) is 8. The molecule has 0 saturated carbocycles. The molecule has 188 valence electrons. The highest BCUT2D eigenvalue weighted by Crippen LogP contribution is 2.55. The van der Waals surface area contributed by atoms with E-state index in [2.05, 4.69) is 0 Å². The second kappa shape index (κ2) is 9.23. The lowest BCUT2D eigenvalue weighted by molar-refractivity contribution is 0.217. The van der Waals surface area contributed by atoms with Crippen molar-refractivity contribution in [2.75, 3.05) is 7.11 Å². The third-order valence-electron chi connectivity index (χ3n) is 6.29. The standard InChI is InChI=1S/C29H24O8/c1-36-25-9-15(4-7-22(25)33)2-3-16-8-24(35)28-26(10-16)37-29(21-6-5-18(30)14-23(21)34)27(28)17-11-19(31)13-20(32)12-17/h2-14,27,29-35H,1H3. The summed E-state index contributed by atoms with van der Waals surface area (Å²) in [4.78, 5) is 0. The SMILES string of the molecule is COc1cc(C=Cc2cc(O)c3c(c2)OC(c2ccc(O)cc2O)C3c2cc(O)cc(O)c2)ccc1O. The Morgan fingerprint density at radius 3 is 2.11 bits per heavy atom. The van der Waals surface area contributed by atoms with Crippen LogP contribution in [0.2, 0.25) is 0 Å². The predicted octanol–water partition coefficient (Wildman–Crippen LogP) is 5.36. The Kier molecular flexibility index (Phi) is 5.93. The summed E-state index contributed by atoms with van der Waals surface area (Å²) in [6, 6.07) is 16.4. The van der Waals surface area contributed by atoms with Gasteiger partial charge in [0, 0.05) is 23.3 Å². The van der Waals surface area contributed by atoms with E-state index in [0.29, 0.717) is 33.8 Å². The highest BCUT2D eigenvalue weighted by atomic mass is 16.5. The van der Waals surface area contributed by atoms with Crippen LogP contribution in [0.5, 0.6) is 46.0 Å². The Morgan fingerprint density at radius 1 is 0.676 bits per heavy atom. The zero-order valence-corrected chi connectivity index (χ0v) is 19.7. The van der Waals surface area contributed by atoms with Crippen LogP contribution in [0.4, 0.5) is 0 Å². The van der Waals surface area contributed by atoms with Crippen LogP contribution >= 0.6 is 0 Å². The van der Waals surface area contributed by atoms with Crippen LogP contribution < -0.4 is 9.47 Å². The normalized spacial score (nSPS) is 16.5. The Hall–Kier alpha value is -4.98. The summed E-state index contributed by atoms with van der Waals surface area (Å²) in [6.45, 7) is 0. The highest BCUT2D eigenvalue weighted by molar-refractivity contribution is 5.74. The first-order valence-electron chi connectivity index (χ1n) is 11.4. The average Bonchev–Trinajstić information content (AvgIpc) is 3.22. The van der Waals surface area contributed by atoms with Gasteiger partial charge in [-0.1, -0.05) is 18.2 Å². The molecule has 0 aromatic heterocycles. The largest absolute Gasteiger partial charge is 0.508 e. The lowest BCUT2D eigenvalue weighted by Crippen LogP contribution is -2.11. The van der Waals surface area contributed by atoms with Crippen LogP contribution in [0.3, 0.4) is 0 Å². The third kappa shape index (κ3) is 4.52. The minimum atomic E-state index is -0.830. The molecule has 4 aromatic carbocycles. The van der Waals surface area contributed by atoms with Crippen LogP contribution in [0.1, 0.15) is 39.8 Å². The zero-order valence-electron chi connectivity index (χ0n) is 19.7. The molecule has 0 fully saturated rings. The minimum absolute atomic E-state index is 0.0239. The van der Waals surface area contributed by atoms with Gasteiger partial charge in [-0.05, 0) is 65.2 Å². The smallest absolute Gasteiger partial charge is 0.161 e. The summed E-state index contributed by atoms with van der Waals surface area (Å²) in [6.07, 6.45) is 2.71. The summed E-state index contributed by atoms with van der Waals surface area (Å²) >= 11 is 0. The van der Waals surface area contributed by atoms with E-state index < -0.39 is 12.0 Å². The first-order valence-corrected chi connectivity index (χ1v) is 11.4. The quantitative estimate of drug-likeness (QED) is 0.201. The molecule has 8 nitrogen and oxygen atoms in total. The molecule has 1 aliphatic heterocycles. The van der Waals surface area contributed by atoms with Gasteiger partial charge in [-0.3, -0.25) is 0 Å². The number of methoxy groups -OCH3 is 1. The van der Waals surface area contributed by atoms with E-state index in [1.807, 2.05) is 0 Å². The molecule has 1 aliphatic rings. The van der Waals surface area contributed by atoms with E-state index in [-0.39, 0.29) is 34.5 Å². The van der Waals surface area contributed by atoms with Gasteiger partial charge in [-0.15, -0.1) is 0 Å². The lowest BCUT2D eigenvalue weighted by atomic mass is 9.84. The van der Waals surface area contributed by atoms with E-state index in [1.54, 1.807) is 36.4 Å². The van der Waals surface area contributed by atoms with Crippen molar-refractivity contribution in [3.63, 3.8) is 0 Å². The molecular weight excluding hydrogens is 476 g/mol. The predicted molar refractivity (Wildman–Crippen MR) is 136 cm³/mol. The monoisotopic (exact) mass is 500 g/mol. The van der Waals surface area contributed by atoms with Crippen molar-refractivity contribution in [3.8, 4) is 46.0 Å². The van der Waals surface area contributed by atoms with Crippen LogP contribution in [0.25, 0.3) is 12.2 Å². The molecular formula is C29H24O8. The summed E-state index contributed by atoms with van der Waals surface area (Å²) in [5.41, 5.74) is 2.62. The number of aromatic hydroxyl groups is 6. The number of benzene rings is 4. The molecule has 0 saturated heterocycles. The second-order valence-electron chi connectivity index (χ2n) is 8.76. The molecule has 2 unspecified atom stereocenters. The maximum Gasteiger partial charge on any atom is 0.161 e. The summed E-state index contributed by atoms with van der Waals surface area (Å²) < 4.78 is 11.4. The van der Waals surface area contributed by atoms with Crippen LogP contribution in [0, 0.1) is 0 Å². The molecule has 1 heterocycles. The van der Waals surface area contributed by atoms with Gasteiger partial charge in [-0.25, -0.2) is 0 Å². The van der Waals surface area contributed by atoms with Crippen molar-refractivity contribution < 1.29 is 40.1 Å². The fraction of sp³-hybridized carbons (Fsp3) is 0.103. The van der Waals surface area contributed by atoms with Gasteiger partial charge in [0.15, 0.2) is 11.5 Å². The molecule has 5 rings (SSSR count). The zero-order chi connectivity index (χ0) is 26.3. The van der Waals surface area contributed by atoms with Gasteiger partial charge in [0.25, 0.3) is 0 Å². The number of phenolic OH excluding ortho intramolecular Hbond substituents is 6. The van der Waals surface area contributed by atoms with E-state index in [9.17, 15) is 30.6 Å². The van der Waals surface area contributed by atoms with Crippen molar-refractivity contribution in [1.29, 1.82) is 0 Å². The maximum atomic E-state index is 11.1. The summed E-state index contributed by atoms with van der Waals surface area (Å²) in [7, 11) is 1.46. The number of ether oxygens (including phenoxy) is 2. The lowest BCUT2D eigenvalue weighted by Gasteiger charge is -2.21. The van der Waals surface area contributed by atoms with Gasteiger partial charge >= 0.3 is 0 Å². The Bertz CT molecular complexity index is 1500. The van der Waals surface area contributed by atoms with E-state index in [0.717, 1.165) is 5.56 Å².